The van der Waals surface area contributed by atoms with Crippen LogP contribution in [0.5, 0.6) is 0 Å². The molecule has 0 bridgehead atoms. The molecule has 3 rings (SSSR count). The highest BCUT2D eigenvalue weighted by Crippen LogP contribution is 2.29. The van der Waals surface area contributed by atoms with E-state index >= 15 is 0 Å². The molecule has 0 saturated heterocycles. The minimum atomic E-state index is -0.577. The molecule has 1 aromatic heterocycles. The molecule has 0 unspecified atom stereocenters. The highest BCUT2D eigenvalue weighted by molar-refractivity contribution is 6.04. The lowest BCUT2D eigenvalue weighted by Crippen LogP contribution is -2.56. The topological polar surface area (TPSA) is 100 Å². The Hall–Kier alpha value is -2.31. The number of rotatable bonds is 4. The van der Waals surface area contributed by atoms with Gasteiger partial charge in [0.1, 0.15) is 11.3 Å². The summed E-state index contributed by atoms with van der Waals surface area (Å²) in [5, 5.41) is 6.08. The predicted octanol–water partition coefficient (Wildman–Crippen LogP) is 4.19. The van der Waals surface area contributed by atoms with Crippen LogP contribution < -0.4 is 10.6 Å². The molecule has 1 saturated carbocycles. The van der Waals surface area contributed by atoms with E-state index in [2.05, 4.69) is 15.6 Å². The van der Waals surface area contributed by atoms with Crippen molar-refractivity contribution in [3.05, 3.63) is 22.5 Å². The number of aryl methyl sites for hydroxylation is 1. The zero-order valence-corrected chi connectivity index (χ0v) is 18.7. The maximum Gasteiger partial charge on any atom is 0.408 e. The summed E-state index contributed by atoms with van der Waals surface area (Å²) in [6.07, 6.45) is 7.52. The maximum atomic E-state index is 13.0. The molecule has 1 aromatic rings. The third kappa shape index (κ3) is 5.24. The van der Waals surface area contributed by atoms with Crippen molar-refractivity contribution in [1.82, 2.24) is 15.6 Å². The average Bonchev–Trinajstić information content (AvgIpc) is 2.83. The molecule has 7 nitrogen and oxygen atoms in total. The summed E-state index contributed by atoms with van der Waals surface area (Å²) in [7, 11) is 0. The summed E-state index contributed by atoms with van der Waals surface area (Å²) in [5.74, 6) is -0.125. The quantitative estimate of drug-likeness (QED) is 0.640. The second-order valence-electron chi connectivity index (χ2n) is 9.76. The van der Waals surface area contributed by atoms with Crippen molar-refractivity contribution in [2.75, 3.05) is 6.54 Å². The van der Waals surface area contributed by atoms with Gasteiger partial charge in [-0.25, -0.2) is 4.79 Å². The zero-order valence-electron chi connectivity index (χ0n) is 18.7. The van der Waals surface area contributed by atoms with Crippen LogP contribution in [0.2, 0.25) is 0 Å². The Morgan fingerprint density at radius 2 is 1.73 bits per heavy atom. The lowest BCUT2D eigenvalue weighted by molar-refractivity contribution is 0.0437. The first-order valence-corrected chi connectivity index (χ1v) is 11.1. The molecule has 3 N–H and O–H groups in total. The van der Waals surface area contributed by atoms with Gasteiger partial charge in [0.2, 0.25) is 0 Å². The summed E-state index contributed by atoms with van der Waals surface area (Å²) < 4.78 is 5.48. The van der Waals surface area contributed by atoms with Crippen molar-refractivity contribution in [3.8, 4) is 0 Å². The van der Waals surface area contributed by atoms with E-state index in [1.54, 1.807) is 0 Å². The fraction of sp³-hybridized carbons (Fsp3) is 0.696. The van der Waals surface area contributed by atoms with Gasteiger partial charge in [-0.1, -0.05) is 25.7 Å². The van der Waals surface area contributed by atoms with Gasteiger partial charge in [-0.15, -0.1) is 0 Å². The standard InChI is InChI=1S/C23H35N3O4/c1-15-18-16(10-9-11-17(18)27)25-19(15)20(28)24-14-23(12-7-5-6-8-13-23)26-21(29)30-22(2,3)4/h25H,5-14H2,1-4H3,(H,24,28)(H,26,29). The number of nitrogens with one attached hydrogen (secondary N) is 3. The molecule has 0 aromatic carbocycles. The summed E-state index contributed by atoms with van der Waals surface area (Å²) in [5.41, 5.74) is 1.63. The third-order valence-corrected chi connectivity index (χ3v) is 6.08. The van der Waals surface area contributed by atoms with E-state index in [0.29, 0.717) is 24.2 Å². The van der Waals surface area contributed by atoms with Gasteiger partial charge < -0.3 is 20.4 Å². The third-order valence-electron chi connectivity index (χ3n) is 6.08. The van der Waals surface area contributed by atoms with Crippen molar-refractivity contribution in [1.29, 1.82) is 0 Å². The molecule has 2 amide bonds. The number of ether oxygens (including phenoxy) is 1. The van der Waals surface area contributed by atoms with E-state index in [1.807, 2.05) is 27.7 Å². The van der Waals surface area contributed by atoms with Gasteiger partial charge in [0.25, 0.3) is 5.91 Å². The van der Waals surface area contributed by atoms with Gasteiger partial charge >= 0.3 is 6.09 Å². The number of fused-ring (bicyclic) bond motifs is 1. The van der Waals surface area contributed by atoms with Crippen LogP contribution in [0.15, 0.2) is 0 Å². The van der Waals surface area contributed by atoms with E-state index in [4.69, 9.17) is 4.74 Å². The summed E-state index contributed by atoms with van der Waals surface area (Å²) in [6, 6.07) is 0. The molecule has 0 atom stereocenters. The number of ketones is 1. The molecular formula is C23H35N3O4. The van der Waals surface area contributed by atoms with Crippen molar-refractivity contribution in [2.24, 2.45) is 0 Å². The smallest absolute Gasteiger partial charge is 0.408 e. The van der Waals surface area contributed by atoms with E-state index in [1.165, 1.54) is 0 Å². The van der Waals surface area contributed by atoms with Crippen LogP contribution in [0, 0.1) is 6.92 Å². The number of amides is 2. The summed E-state index contributed by atoms with van der Waals surface area (Å²) >= 11 is 0. The summed E-state index contributed by atoms with van der Waals surface area (Å²) in [4.78, 5) is 40.9. The van der Waals surface area contributed by atoms with Crippen LogP contribution in [0.3, 0.4) is 0 Å². The molecule has 166 valence electrons. The van der Waals surface area contributed by atoms with Crippen LogP contribution >= 0.6 is 0 Å². The Labute approximate surface area is 178 Å². The molecule has 7 heteroatoms. The molecule has 0 spiro atoms. The van der Waals surface area contributed by atoms with Gasteiger partial charge in [0, 0.05) is 24.2 Å². The van der Waals surface area contributed by atoms with Crippen LogP contribution in [0.4, 0.5) is 4.79 Å². The van der Waals surface area contributed by atoms with Crippen molar-refractivity contribution < 1.29 is 19.1 Å². The Morgan fingerprint density at radius 1 is 1.07 bits per heavy atom. The fourth-order valence-electron chi connectivity index (χ4n) is 4.61. The van der Waals surface area contributed by atoms with Crippen LogP contribution in [0.1, 0.15) is 104 Å². The Bertz CT molecular complexity index is 811. The highest BCUT2D eigenvalue weighted by Gasteiger charge is 2.35. The lowest BCUT2D eigenvalue weighted by atomic mass is 9.90. The zero-order chi connectivity index (χ0) is 21.9. The largest absolute Gasteiger partial charge is 0.444 e. The van der Waals surface area contributed by atoms with Gasteiger partial charge in [-0.05, 0) is 58.9 Å². The first kappa shape index (κ1) is 22.4. The minimum absolute atomic E-state index is 0.107. The van der Waals surface area contributed by atoms with Crippen LogP contribution in [-0.2, 0) is 11.2 Å². The fourth-order valence-corrected chi connectivity index (χ4v) is 4.61. The van der Waals surface area contributed by atoms with Gasteiger partial charge in [-0.3, -0.25) is 9.59 Å². The first-order valence-electron chi connectivity index (χ1n) is 11.1. The Balaban J connectivity index is 1.73. The van der Waals surface area contributed by atoms with E-state index in [-0.39, 0.29) is 11.7 Å². The van der Waals surface area contributed by atoms with Crippen LogP contribution in [0.25, 0.3) is 0 Å². The SMILES string of the molecule is Cc1c(C(=O)NCC2(NC(=O)OC(C)(C)C)CCCCCC2)[nH]c2c1C(=O)CCC2. The molecule has 2 aliphatic carbocycles. The highest BCUT2D eigenvalue weighted by atomic mass is 16.6. The van der Waals surface area contributed by atoms with Gasteiger partial charge in [0.15, 0.2) is 5.78 Å². The molecule has 2 aliphatic rings. The Morgan fingerprint density at radius 3 is 2.33 bits per heavy atom. The number of aromatic nitrogens is 1. The molecular weight excluding hydrogens is 382 g/mol. The van der Waals surface area contributed by atoms with Gasteiger partial charge in [0.05, 0.1) is 5.54 Å². The minimum Gasteiger partial charge on any atom is -0.444 e. The summed E-state index contributed by atoms with van der Waals surface area (Å²) in [6.45, 7) is 7.68. The predicted molar refractivity (Wildman–Crippen MR) is 115 cm³/mol. The number of carbonyl (C=O) groups is 3. The number of alkyl carbamates (subject to hydrolysis) is 1. The van der Waals surface area contributed by atoms with E-state index < -0.39 is 17.2 Å². The number of aromatic amines is 1. The molecule has 0 aliphatic heterocycles. The molecule has 30 heavy (non-hydrogen) atoms. The maximum absolute atomic E-state index is 13.0. The normalized spacial score (nSPS) is 18.9. The average molecular weight is 418 g/mol. The number of hydrogen-bond donors (Lipinski definition) is 3. The van der Waals surface area contributed by atoms with Gasteiger partial charge in [-0.2, -0.15) is 0 Å². The van der Waals surface area contributed by atoms with Crippen molar-refractivity contribution in [2.45, 2.75) is 96.6 Å². The first-order chi connectivity index (χ1) is 14.1. The number of hydrogen-bond acceptors (Lipinski definition) is 4. The number of H-pyrrole nitrogens is 1. The van der Waals surface area contributed by atoms with E-state index in [9.17, 15) is 14.4 Å². The van der Waals surface area contributed by atoms with Crippen molar-refractivity contribution in [3.63, 3.8) is 0 Å². The number of carbonyl (C=O) groups excluding carboxylic acids is 3. The molecule has 1 heterocycles. The second-order valence-corrected chi connectivity index (χ2v) is 9.76. The molecule has 1 fully saturated rings. The van der Waals surface area contributed by atoms with E-state index in [0.717, 1.165) is 62.6 Å². The van der Waals surface area contributed by atoms with Crippen molar-refractivity contribution >= 4 is 17.8 Å². The van der Waals surface area contributed by atoms with Crippen LogP contribution in [-0.4, -0.2) is 40.5 Å². The lowest BCUT2D eigenvalue weighted by Gasteiger charge is -2.35. The monoisotopic (exact) mass is 417 g/mol. The Kier molecular flexibility index (Phi) is 6.58. The second kappa shape index (κ2) is 8.82. The molecule has 0 radical (unpaired) electrons. The number of Topliss-reactive ketones (excluding diaryl/α,β-unsaturated/α-hetero) is 1.